The van der Waals surface area contributed by atoms with E-state index in [0.717, 1.165) is 19.3 Å². The van der Waals surface area contributed by atoms with Gasteiger partial charge in [-0.15, -0.1) is 0 Å². The van der Waals surface area contributed by atoms with Gasteiger partial charge < -0.3 is 5.73 Å². The number of rotatable bonds is 6. The zero-order valence-electron chi connectivity index (χ0n) is 10.8. The summed E-state index contributed by atoms with van der Waals surface area (Å²) in [5.41, 5.74) is 5.70. The Hall–Kier alpha value is -1.08. The quantitative estimate of drug-likeness (QED) is 0.834. The van der Waals surface area contributed by atoms with Crippen molar-refractivity contribution < 1.29 is 8.42 Å². The minimum atomic E-state index is -3.50. The summed E-state index contributed by atoms with van der Waals surface area (Å²) in [7, 11) is -1.90. The molecule has 2 N–H and O–H groups in total. The molecule has 0 amide bonds. The Morgan fingerprint density at radius 1 is 1.56 bits per heavy atom. The van der Waals surface area contributed by atoms with Crippen LogP contribution in [0.3, 0.4) is 0 Å². The molecular formula is C11H20N4O2S. The molecule has 0 aromatic carbocycles. The summed E-state index contributed by atoms with van der Waals surface area (Å²) in [6.07, 6.45) is 4.64. The fourth-order valence-electron chi connectivity index (χ4n) is 1.89. The molecule has 0 radical (unpaired) electrons. The molecule has 1 aliphatic rings. The summed E-state index contributed by atoms with van der Waals surface area (Å²) >= 11 is 0. The van der Waals surface area contributed by atoms with E-state index >= 15 is 0 Å². The lowest BCUT2D eigenvalue weighted by Crippen LogP contribution is -2.29. The normalized spacial score (nSPS) is 16.4. The minimum Gasteiger partial charge on any atom is -0.381 e. The third-order valence-corrected chi connectivity index (χ3v) is 4.95. The van der Waals surface area contributed by atoms with Crippen LogP contribution in [0.1, 0.15) is 26.2 Å². The number of anilines is 1. The highest BCUT2D eigenvalue weighted by Gasteiger charge is 2.31. The number of nitrogens with zero attached hydrogens (tertiary/aromatic N) is 3. The van der Waals surface area contributed by atoms with Crippen molar-refractivity contribution in [2.24, 2.45) is 5.92 Å². The number of nitrogen functional groups attached to an aromatic ring is 1. The van der Waals surface area contributed by atoms with Crippen molar-refractivity contribution in [3.63, 3.8) is 0 Å². The van der Waals surface area contributed by atoms with Crippen molar-refractivity contribution >= 4 is 15.8 Å². The second kappa shape index (κ2) is 4.89. The number of aryl methyl sites for hydroxylation is 1. The van der Waals surface area contributed by atoms with Crippen LogP contribution in [-0.4, -0.2) is 36.1 Å². The Kier molecular flexibility index (Phi) is 3.63. The van der Waals surface area contributed by atoms with E-state index in [-0.39, 0.29) is 10.7 Å². The monoisotopic (exact) mass is 272 g/mol. The molecule has 0 unspecified atom stereocenters. The van der Waals surface area contributed by atoms with Crippen LogP contribution in [-0.2, 0) is 16.6 Å². The van der Waals surface area contributed by atoms with Crippen LogP contribution < -0.4 is 5.73 Å². The van der Waals surface area contributed by atoms with E-state index in [4.69, 9.17) is 5.73 Å². The fourth-order valence-corrected chi connectivity index (χ4v) is 3.19. The Labute approximate surface area is 108 Å². The SMILES string of the molecule is CCCn1cc(S(=O)(=O)N(C)CC2CC2)c(N)n1. The maximum atomic E-state index is 12.3. The molecule has 0 saturated heterocycles. The molecule has 0 atom stereocenters. The zero-order chi connectivity index (χ0) is 13.3. The van der Waals surface area contributed by atoms with Crippen LogP contribution in [0.5, 0.6) is 0 Å². The molecule has 1 aromatic heterocycles. The molecule has 1 heterocycles. The van der Waals surface area contributed by atoms with Crippen LogP contribution in [0.25, 0.3) is 0 Å². The molecule has 1 aromatic rings. The van der Waals surface area contributed by atoms with Gasteiger partial charge in [-0.2, -0.15) is 5.10 Å². The standard InChI is InChI=1S/C11H20N4O2S/c1-3-6-15-8-10(11(12)13-15)18(16,17)14(2)7-9-4-5-9/h8-9H,3-7H2,1-2H3,(H2,12,13). The van der Waals surface area contributed by atoms with Gasteiger partial charge >= 0.3 is 0 Å². The lowest BCUT2D eigenvalue weighted by Gasteiger charge is -2.15. The first kappa shape index (κ1) is 13.4. The Bertz CT molecular complexity index is 519. The summed E-state index contributed by atoms with van der Waals surface area (Å²) in [5.74, 6) is 0.600. The van der Waals surface area contributed by atoms with Gasteiger partial charge in [0.15, 0.2) is 5.82 Å². The van der Waals surface area contributed by atoms with Crippen LogP contribution in [0.2, 0.25) is 0 Å². The third-order valence-electron chi connectivity index (χ3n) is 3.11. The molecule has 0 aliphatic heterocycles. The summed E-state index contributed by atoms with van der Waals surface area (Å²) < 4.78 is 27.6. The highest BCUT2D eigenvalue weighted by Crippen LogP contribution is 2.31. The molecular weight excluding hydrogens is 252 g/mol. The molecule has 7 heteroatoms. The molecule has 102 valence electrons. The van der Waals surface area contributed by atoms with Gasteiger partial charge in [-0.05, 0) is 25.2 Å². The first-order chi connectivity index (χ1) is 8.45. The van der Waals surface area contributed by atoms with E-state index in [1.165, 1.54) is 10.5 Å². The number of nitrogens with two attached hydrogens (primary N) is 1. The zero-order valence-corrected chi connectivity index (χ0v) is 11.7. The smallest absolute Gasteiger partial charge is 0.248 e. The van der Waals surface area contributed by atoms with Gasteiger partial charge in [-0.25, -0.2) is 12.7 Å². The van der Waals surface area contributed by atoms with E-state index in [9.17, 15) is 8.42 Å². The van der Waals surface area contributed by atoms with Gasteiger partial charge in [0, 0.05) is 26.3 Å². The van der Waals surface area contributed by atoms with Gasteiger partial charge in [0.1, 0.15) is 4.90 Å². The van der Waals surface area contributed by atoms with Crippen LogP contribution >= 0.6 is 0 Å². The van der Waals surface area contributed by atoms with Crippen molar-refractivity contribution in [1.29, 1.82) is 0 Å². The van der Waals surface area contributed by atoms with E-state index in [1.807, 2.05) is 6.92 Å². The van der Waals surface area contributed by atoms with Crippen molar-refractivity contribution in [3.8, 4) is 0 Å². The highest BCUT2D eigenvalue weighted by molar-refractivity contribution is 7.89. The molecule has 18 heavy (non-hydrogen) atoms. The second-order valence-corrected chi connectivity index (χ2v) is 6.88. The minimum absolute atomic E-state index is 0.0890. The van der Waals surface area contributed by atoms with Crippen LogP contribution in [0, 0.1) is 5.92 Å². The van der Waals surface area contributed by atoms with Gasteiger partial charge in [-0.1, -0.05) is 6.92 Å². The molecule has 1 aliphatic carbocycles. The molecule has 2 rings (SSSR count). The maximum absolute atomic E-state index is 12.3. The van der Waals surface area contributed by atoms with Crippen molar-refractivity contribution in [2.45, 2.75) is 37.6 Å². The fraction of sp³-hybridized carbons (Fsp3) is 0.727. The summed E-state index contributed by atoms with van der Waals surface area (Å²) in [6, 6.07) is 0. The molecule has 1 fully saturated rings. The number of hydrogen-bond donors (Lipinski definition) is 1. The second-order valence-electron chi connectivity index (χ2n) is 4.87. The number of hydrogen-bond acceptors (Lipinski definition) is 4. The van der Waals surface area contributed by atoms with Gasteiger partial charge in [0.25, 0.3) is 0 Å². The largest absolute Gasteiger partial charge is 0.381 e. The van der Waals surface area contributed by atoms with Crippen molar-refractivity contribution in [2.75, 3.05) is 19.3 Å². The lowest BCUT2D eigenvalue weighted by molar-refractivity contribution is 0.453. The van der Waals surface area contributed by atoms with Gasteiger partial charge in [-0.3, -0.25) is 4.68 Å². The average Bonchev–Trinajstić information content (AvgIpc) is 3.02. The van der Waals surface area contributed by atoms with Gasteiger partial charge in [0.2, 0.25) is 10.0 Å². The van der Waals surface area contributed by atoms with E-state index < -0.39 is 10.0 Å². The first-order valence-electron chi connectivity index (χ1n) is 6.24. The van der Waals surface area contributed by atoms with Gasteiger partial charge in [0.05, 0.1) is 0 Å². The molecule has 1 saturated carbocycles. The summed E-state index contributed by atoms with van der Waals surface area (Å²) in [6.45, 7) is 3.25. The molecule has 6 nitrogen and oxygen atoms in total. The first-order valence-corrected chi connectivity index (χ1v) is 7.68. The Balaban J connectivity index is 2.22. The van der Waals surface area contributed by atoms with E-state index in [2.05, 4.69) is 5.10 Å². The van der Waals surface area contributed by atoms with E-state index in [0.29, 0.717) is 19.0 Å². The number of aromatic nitrogens is 2. The van der Waals surface area contributed by atoms with E-state index in [1.54, 1.807) is 11.7 Å². The topological polar surface area (TPSA) is 81.2 Å². The van der Waals surface area contributed by atoms with Crippen molar-refractivity contribution in [1.82, 2.24) is 14.1 Å². The highest BCUT2D eigenvalue weighted by atomic mass is 32.2. The predicted molar refractivity (Wildman–Crippen MR) is 69.5 cm³/mol. The van der Waals surface area contributed by atoms with Crippen LogP contribution in [0.4, 0.5) is 5.82 Å². The number of sulfonamides is 1. The average molecular weight is 272 g/mol. The Morgan fingerprint density at radius 2 is 2.22 bits per heavy atom. The maximum Gasteiger partial charge on any atom is 0.248 e. The Morgan fingerprint density at radius 3 is 2.78 bits per heavy atom. The van der Waals surface area contributed by atoms with Crippen molar-refractivity contribution in [3.05, 3.63) is 6.20 Å². The third kappa shape index (κ3) is 2.67. The summed E-state index contributed by atoms with van der Waals surface area (Å²) in [5, 5.41) is 4.03. The lowest BCUT2D eigenvalue weighted by atomic mass is 10.4. The summed E-state index contributed by atoms with van der Waals surface area (Å²) in [4.78, 5) is 0.124. The van der Waals surface area contributed by atoms with Crippen LogP contribution in [0.15, 0.2) is 11.1 Å². The molecule has 0 bridgehead atoms. The predicted octanol–water partition coefficient (Wildman–Crippen LogP) is 0.906. The molecule has 0 spiro atoms.